The largest absolute Gasteiger partial charge is 0.469 e. The first-order chi connectivity index (χ1) is 12.4. The second kappa shape index (κ2) is 12.0. The molecule has 1 fully saturated rings. The molecule has 0 amide bonds. The predicted octanol–water partition coefficient (Wildman–Crippen LogP) is 3.59. The monoisotopic (exact) mass is 471 g/mol. The Hall–Kier alpha value is -1.51. The van der Waals surface area contributed by atoms with Crippen LogP contribution in [0.3, 0.4) is 0 Å². The lowest BCUT2D eigenvalue weighted by Gasteiger charge is -2.25. The summed E-state index contributed by atoms with van der Waals surface area (Å²) >= 11 is 0. The first-order valence-corrected chi connectivity index (χ1v) is 9.45. The van der Waals surface area contributed by atoms with Crippen molar-refractivity contribution in [3.8, 4) is 0 Å². The molecule has 0 aromatic carbocycles. The highest BCUT2D eigenvalue weighted by atomic mass is 127. The third-order valence-corrected chi connectivity index (χ3v) is 4.56. The summed E-state index contributed by atoms with van der Waals surface area (Å²) in [5, 5.41) is 11.3. The number of aromatic nitrogens is 2. The summed E-state index contributed by atoms with van der Waals surface area (Å²) in [6, 6.07) is 6.45. The molecule has 0 radical (unpaired) electrons. The average Bonchev–Trinajstić information content (AvgIpc) is 3.33. The van der Waals surface area contributed by atoms with Crippen LogP contribution in [-0.4, -0.2) is 34.9 Å². The molecule has 0 bridgehead atoms. The summed E-state index contributed by atoms with van der Waals surface area (Å²) in [6.45, 7) is 2.52. The van der Waals surface area contributed by atoms with Crippen LogP contribution in [0.15, 0.2) is 46.3 Å². The van der Waals surface area contributed by atoms with E-state index >= 15 is 0 Å². The quantitative estimate of drug-likeness (QED) is 0.267. The van der Waals surface area contributed by atoms with Gasteiger partial charge in [-0.05, 0) is 37.5 Å². The summed E-state index contributed by atoms with van der Waals surface area (Å²) in [6.07, 6.45) is 13.9. The SMILES string of the molecule is I.c1coc(CCNC(=NCCCn2cccn2)NC2CCCCC2)c1. The van der Waals surface area contributed by atoms with E-state index < -0.39 is 0 Å². The van der Waals surface area contributed by atoms with Gasteiger partial charge in [-0.1, -0.05) is 19.3 Å². The molecule has 1 aliphatic rings. The van der Waals surface area contributed by atoms with Gasteiger partial charge in [0.2, 0.25) is 0 Å². The Morgan fingerprint density at radius 1 is 1.27 bits per heavy atom. The van der Waals surface area contributed by atoms with Gasteiger partial charge >= 0.3 is 0 Å². The Kier molecular flexibility index (Phi) is 9.58. The van der Waals surface area contributed by atoms with Crippen LogP contribution in [0.1, 0.15) is 44.3 Å². The van der Waals surface area contributed by atoms with E-state index in [-0.39, 0.29) is 24.0 Å². The first kappa shape index (κ1) is 20.8. The molecule has 6 nitrogen and oxygen atoms in total. The van der Waals surface area contributed by atoms with E-state index in [0.29, 0.717) is 6.04 Å². The fourth-order valence-electron chi connectivity index (χ4n) is 3.21. The zero-order valence-electron chi connectivity index (χ0n) is 15.3. The van der Waals surface area contributed by atoms with E-state index in [0.717, 1.165) is 44.2 Å². The smallest absolute Gasteiger partial charge is 0.191 e. The van der Waals surface area contributed by atoms with E-state index in [1.165, 1.54) is 32.1 Å². The van der Waals surface area contributed by atoms with Gasteiger partial charge in [0.1, 0.15) is 5.76 Å². The maximum Gasteiger partial charge on any atom is 0.191 e. The molecule has 0 saturated heterocycles. The second-order valence-electron chi connectivity index (χ2n) is 6.59. The van der Waals surface area contributed by atoms with Gasteiger partial charge in [0.15, 0.2) is 5.96 Å². The lowest BCUT2D eigenvalue weighted by Crippen LogP contribution is -2.45. The van der Waals surface area contributed by atoms with Gasteiger partial charge < -0.3 is 15.1 Å². The van der Waals surface area contributed by atoms with Crippen LogP contribution in [0.2, 0.25) is 0 Å². The summed E-state index contributed by atoms with van der Waals surface area (Å²) in [5.41, 5.74) is 0. The molecule has 2 N–H and O–H groups in total. The minimum atomic E-state index is 0. The molecule has 2 aromatic rings. The van der Waals surface area contributed by atoms with Crippen molar-refractivity contribution in [3.05, 3.63) is 42.6 Å². The van der Waals surface area contributed by atoms with Crippen molar-refractivity contribution in [1.82, 2.24) is 20.4 Å². The molecule has 2 heterocycles. The minimum absolute atomic E-state index is 0. The molecular formula is C19H30IN5O. The Morgan fingerprint density at radius 3 is 2.88 bits per heavy atom. The minimum Gasteiger partial charge on any atom is -0.469 e. The number of aliphatic imine (C=N–C) groups is 1. The lowest BCUT2D eigenvalue weighted by atomic mass is 9.96. The topological polar surface area (TPSA) is 67.4 Å². The van der Waals surface area contributed by atoms with Gasteiger partial charge in [0.25, 0.3) is 0 Å². The Bertz CT molecular complexity index is 606. The van der Waals surface area contributed by atoms with Gasteiger partial charge in [0.05, 0.1) is 6.26 Å². The van der Waals surface area contributed by atoms with Crippen LogP contribution in [0.4, 0.5) is 0 Å². The highest BCUT2D eigenvalue weighted by molar-refractivity contribution is 14.0. The van der Waals surface area contributed by atoms with Gasteiger partial charge in [-0.15, -0.1) is 24.0 Å². The molecule has 0 atom stereocenters. The molecule has 2 aromatic heterocycles. The van der Waals surface area contributed by atoms with E-state index in [9.17, 15) is 0 Å². The average molecular weight is 471 g/mol. The van der Waals surface area contributed by atoms with Crippen LogP contribution >= 0.6 is 24.0 Å². The zero-order chi connectivity index (χ0) is 17.2. The van der Waals surface area contributed by atoms with Crippen LogP contribution < -0.4 is 10.6 Å². The summed E-state index contributed by atoms with van der Waals surface area (Å²) < 4.78 is 7.35. The number of rotatable bonds is 8. The lowest BCUT2D eigenvalue weighted by molar-refractivity contribution is 0.409. The van der Waals surface area contributed by atoms with E-state index in [2.05, 4.69) is 15.7 Å². The third kappa shape index (κ3) is 7.39. The molecule has 0 spiro atoms. The van der Waals surface area contributed by atoms with Crippen LogP contribution in [0, 0.1) is 0 Å². The van der Waals surface area contributed by atoms with E-state index in [4.69, 9.17) is 9.41 Å². The Labute approximate surface area is 172 Å². The van der Waals surface area contributed by atoms with Gasteiger partial charge in [-0.2, -0.15) is 5.10 Å². The normalized spacial score (nSPS) is 15.5. The summed E-state index contributed by atoms with van der Waals surface area (Å²) in [5.74, 6) is 1.93. The van der Waals surface area contributed by atoms with Crippen molar-refractivity contribution in [2.45, 2.75) is 57.5 Å². The second-order valence-corrected chi connectivity index (χ2v) is 6.59. The summed E-state index contributed by atoms with van der Waals surface area (Å²) in [7, 11) is 0. The van der Waals surface area contributed by atoms with Gasteiger partial charge in [-0.25, -0.2) is 0 Å². The number of halogens is 1. The molecule has 1 saturated carbocycles. The van der Waals surface area contributed by atoms with Crippen molar-refractivity contribution in [2.24, 2.45) is 4.99 Å². The highest BCUT2D eigenvalue weighted by Gasteiger charge is 2.14. The van der Waals surface area contributed by atoms with Gasteiger partial charge in [-0.3, -0.25) is 9.67 Å². The fraction of sp³-hybridized carbons (Fsp3) is 0.579. The molecular weight excluding hydrogens is 441 g/mol. The molecule has 1 aliphatic carbocycles. The van der Waals surface area contributed by atoms with E-state index in [1.807, 2.05) is 35.3 Å². The molecule has 0 aliphatic heterocycles. The summed E-state index contributed by atoms with van der Waals surface area (Å²) in [4.78, 5) is 4.76. The fourth-order valence-corrected chi connectivity index (χ4v) is 3.21. The van der Waals surface area contributed by atoms with Crippen molar-refractivity contribution in [3.63, 3.8) is 0 Å². The Balaban J connectivity index is 0.00000243. The van der Waals surface area contributed by atoms with E-state index in [1.54, 1.807) is 6.26 Å². The molecule has 3 rings (SSSR count). The number of aryl methyl sites for hydroxylation is 1. The van der Waals surface area contributed by atoms with Crippen LogP contribution in [0.25, 0.3) is 0 Å². The highest BCUT2D eigenvalue weighted by Crippen LogP contribution is 2.17. The predicted molar refractivity (Wildman–Crippen MR) is 115 cm³/mol. The standard InChI is InChI=1S/C19H29N5O.HI/c1-2-7-17(8-3-1)23-19(21-13-10-18-9-4-16-25-18)20-11-5-14-24-15-6-12-22-24;/h4,6,9,12,15-17H,1-3,5,7-8,10-11,13-14H2,(H2,20,21,23);1H. The van der Waals surface area contributed by atoms with Crippen molar-refractivity contribution < 1.29 is 4.42 Å². The Morgan fingerprint density at radius 2 is 2.15 bits per heavy atom. The number of hydrogen-bond donors (Lipinski definition) is 2. The maximum atomic E-state index is 5.40. The number of guanidine groups is 1. The molecule has 144 valence electrons. The number of nitrogens with one attached hydrogen (secondary N) is 2. The zero-order valence-corrected chi connectivity index (χ0v) is 17.6. The van der Waals surface area contributed by atoms with Crippen molar-refractivity contribution >= 4 is 29.9 Å². The number of furan rings is 1. The van der Waals surface area contributed by atoms with Crippen molar-refractivity contribution in [2.75, 3.05) is 13.1 Å². The molecule has 0 unspecified atom stereocenters. The third-order valence-electron chi connectivity index (χ3n) is 4.56. The number of nitrogens with zero attached hydrogens (tertiary/aromatic N) is 3. The maximum absolute atomic E-state index is 5.40. The van der Waals surface area contributed by atoms with Gasteiger partial charge in [0, 0.05) is 44.5 Å². The first-order valence-electron chi connectivity index (χ1n) is 9.45. The number of hydrogen-bond acceptors (Lipinski definition) is 3. The molecule has 26 heavy (non-hydrogen) atoms. The van der Waals surface area contributed by atoms with Crippen LogP contribution in [0.5, 0.6) is 0 Å². The molecule has 7 heteroatoms. The van der Waals surface area contributed by atoms with Crippen LogP contribution in [-0.2, 0) is 13.0 Å². The van der Waals surface area contributed by atoms with Crippen molar-refractivity contribution in [1.29, 1.82) is 0 Å².